The number of amides is 2. The highest BCUT2D eigenvalue weighted by Gasteiger charge is 2.25. The largest absolute Gasteiger partial charge is 0.349 e. The van der Waals surface area contributed by atoms with Gasteiger partial charge in [-0.25, -0.2) is 0 Å². The van der Waals surface area contributed by atoms with E-state index in [0.717, 1.165) is 30.9 Å². The minimum absolute atomic E-state index is 0. The third kappa shape index (κ3) is 5.55. The van der Waals surface area contributed by atoms with Crippen LogP contribution >= 0.6 is 35.8 Å². The molecule has 1 aliphatic heterocycles. The van der Waals surface area contributed by atoms with Crippen LogP contribution in [0.4, 0.5) is 5.69 Å². The lowest BCUT2D eigenvalue weighted by molar-refractivity contribution is -0.116. The van der Waals surface area contributed by atoms with Crippen LogP contribution in [0.5, 0.6) is 0 Å². The van der Waals surface area contributed by atoms with Crippen molar-refractivity contribution < 1.29 is 9.59 Å². The van der Waals surface area contributed by atoms with Gasteiger partial charge in [0.15, 0.2) is 0 Å². The molecule has 1 aromatic carbocycles. The summed E-state index contributed by atoms with van der Waals surface area (Å²) in [6.07, 6.45) is 2.47. The second kappa shape index (κ2) is 8.94. The molecule has 1 saturated carbocycles. The number of benzene rings is 1. The van der Waals surface area contributed by atoms with E-state index in [4.69, 9.17) is 11.6 Å². The van der Waals surface area contributed by atoms with Crippen LogP contribution in [0.3, 0.4) is 0 Å². The summed E-state index contributed by atoms with van der Waals surface area (Å²) < 4.78 is 0. The molecule has 2 aliphatic rings. The second-order valence-corrected chi connectivity index (χ2v) is 7.48. The van der Waals surface area contributed by atoms with Crippen molar-refractivity contribution >= 4 is 53.3 Å². The van der Waals surface area contributed by atoms with E-state index in [1.165, 1.54) is 0 Å². The molecule has 1 atom stereocenters. The highest BCUT2D eigenvalue weighted by molar-refractivity contribution is 7.99. The Morgan fingerprint density at radius 1 is 1.33 bits per heavy atom. The van der Waals surface area contributed by atoms with E-state index >= 15 is 0 Å². The first kappa shape index (κ1) is 19.4. The number of nitrogens with one attached hydrogen (secondary N) is 3. The fourth-order valence-corrected chi connectivity index (χ4v) is 3.61. The molecule has 1 aromatic rings. The number of halogens is 2. The van der Waals surface area contributed by atoms with Gasteiger partial charge < -0.3 is 16.0 Å². The Kier molecular flexibility index (Phi) is 7.22. The first-order valence-corrected chi connectivity index (χ1v) is 9.36. The normalized spacial score (nSPS) is 20.0. The van der Waals surface area contributed by atoms with Crippen molar-refractivity contribution in [2.24, 2.45) is 0 Å². The average Bonchev–Trinajstić information content (AvgIpc) is 3.34. The average molecular weight is 390 g/mol. The molecule has 8 heteroatoms. The lowest BCUT2D eigenvalue weighted by Gasteiger charge is -2.22. The quantitative estimate of drug-likeness (QED) is 0.723. The first-order chi connectivity index (χ1) is 11.1. The van der Waals surface area contributed by atoms with Crippen LogP contribution in [-0.4, -0.2) is 41.9 Å². The summed E-state index contributed by atoms with van der Waals surface area (Å²) in [4.78, 5) is 24.3. The predicted molar refractivity (Wildman–Crippen MR) is 102 cm³/mol. The molecule has 24 heavy (non-hydrogen) atoms. The Morgan fingerprint density at radius 2 is 2.12 bits per heavy atom. The van der Waals surface area contributed by atoms with Gasteiger partial charge in [-0.3, -0.25) is 9.59 Å². The smallest absolute Gasteiger partial charge is 0.253 e. The molecule has 1 saturated heterocycles. The van der Waals surface area contributed by atoms with Gasteiger partial charge in [-0.15, -0.1) is 12.4 Å². The predicted octanol–water partition coefficient (Wildman–Crippen LogP) is 2.69. The third-order valence-electron chi connectivity index (χ3n) is 3.84. The van der Waals surface area contributed by atoms with Crippen molar-refractivity contribution in [2.45, 2.75) is 31.3 Å². The molecule has 1 aliphatic carbocycles. The summed E-state index contributed by atoms with van der Waals surface area (Å²) in [5.41, 5.74) is 1.01. The fraction of sp³-hybridized carbons (Fsp3) is 0.500. The Morgan fingerprint density at radius 3 is 2.79 bits per heavy atom. The zero-order chi connectivity index (χ0) is 16.2. The molecule has 0 aromatic heterocycles. The second-order valence-electron chi connectivity index (χ2n) is 5.92. The number of carbonyl (C=O) groups excluding carboxylic acids is 2. The molecule has 3 rings (SSSR count). The summed E-state index contributed by atoms with van der Waals surface area (Å²) >= 11 is 7.96. The molecule has 2 amide bonds. The van der Waals surface area contributed by atoms with E-state index in [9.17, 15) is 9.59 Å². The van der Waals surface area contributed by atoms with Crippen LogP contribution in [-0.2, 0) is 4.79 Å². The lowest BCUT2D eigenvalue weighted by Crippen LogP contribution is -2.39. The molecule has 0 spiro atoms. The summed E-state index contributed by atoms with van der Waals surface area (Å²) in [5, 5.41) is 9.49. The van der Waals surface area contributed by atoms with E-state index in [2.05, 4.69) is 16.0 Å². The molecule has 0 radical (unpaired) electrons. The maximum atomic E-state index is 12.1. The molecule has 1 heterocycles. The number of hydrogen-bond donors (Lipinski definition) is 3. The first-order valence-electron chi connectivity index (χ1n) is 7.83. The number of anilines is 1. The van der Waals surface area contributed by atoms with Gasteiger partial charge in [-0.05, 0) is 31.0 Å². The SMILES string of the molecule is Cl.O=C(CC1CSCCN1)Nc1ccc(Cl)c(C(=O)NC2CC2)c1. The van der Waals surface area contributed by atoms with Crippen molar-refractivity contribution in [3.05, 3.63) is 28.8 Å². The minimum Gasteiger partial charge on any atom is -0.349 e. The molecule has 2 fully saturated rings. The van der Waals surface area contributed by atoms with Crippen molar-refractivity contribution in [2.75, 3.05) is 23.4 Å². The maximum absolute atomic E-state index is 12.1. The van der Waals surface area contributed by atoms with Crippen LogP contribution < -0.4 is 16.0 Å². The van der Waals surface area contributed by atoms with Crippen molar-refractivity contribution in [1.29, 1.82) is 0 Å². The number of carbonyl (C=O) groups is 2. The summed E-state index contributed by atoms with van der Waals surface area (Å²) in [6.45, 7) is 0.940. The van der Waals surface area contributed by atoms with Crippen LogP contribution in [0.15, 0.2) is 18.2 Å². The van der Waals surface area contributed by atoms with Gasteiger partial charge in [-0.1, -0.05) is 11.6 Å². The van der Waals surface area contributed by atoms with E-state index in [1.807, 2.05) is 11.8 Å². The number of thioether (sulfide) groups is 1. The third-order valence-corrected chi connectivity index (χ3v) is 5.30. The minimum atomic E-state index is -0.182. The van der Waals surface area contributed by atoms with Gasteiger partial charge in [0.1, 0.15) is 0 Å². The van der Waals surface area contributed by atoms with Crippen molar-refractivity contribution in [3.63, 3.8) is 0 Å². The molecule has 3 N–H and O–H groups in total. The highest BCUT2D eigenvalue weighted by Crippen LogP contribution is 2.24. The molecule has 1 unspecified atom stereocenters. The van der Waals surface area contributed by atoms with E-state index < -0.39 is 0 Å². The standard InChI is InChI=1S/C16H20ClN3O2S.ClH/c17-14-4-3-11(7-13(14)16(22)20-10-1-2-10)19-15(21)8-12-9-23-6-5-18-12;/h3-4,7,10,12,18H,1-2,5-6,8-9H2,(H,19,21)(H,20,22);1H. The summed E-state index contributed by atoms with van der Waals surface area (Å²) in [6, 6.07) is 5.48. The van der Waals surface area contributed by atoms with Gasteiger partial charge in [0.05, 0.1) is 10.6 Å². The maximum Gasteiger partial charge on any atom is 0.253 e. The summed E-state index contributed by atoms with van der Waals surface area (Å²) in [7, 11) is 0. The van der Waals surface area contributed by atoms with Crippen molar-refractivity contribution in [1.82, 2.24) is 10.6 Å². The molecule has 5 nitrogen and oxygen atoms in total. The monoisotopic (exact) mass is 389 g/mol. The molecular weight excluding hydrogens is 369 g/mol. The van der Waals surface area contributed by atoms with Gasteiger partial charge in [-0.2, -0.15) is 11.8 Å². The van der Waals surface area contributed by atoms with Crippen LogP contribution in [0, 0.1) is 0 Å². The molecule has 132 valence electrons. The number of hydrogen-bond acceptors (Lipinski definition) is 4. The zero-order valence-corrected chi connectivity index (χ0v) is 15.5. The van der Waals surface area contributed by atoms with Gasteiger partial charge >= 0.3 is 0 Å². The van der Waals surface area contributed by atoms with Gasteiger partial charge in [0.2, 0.25) is 5.91 Å². The Labute approximate surface area is 157 Å². The zero-order valence-electron chi connectivity index (χ0n) is 13.1. The highest BCUT2D eigenvalue weighted by atomic mass is 35.5. The van der Waals surface area contributed by atoms with E-state index in [0.29, 0.717) is 22.7 Å². The topological polar surface area (TPSA) is 70.2 Å². The Hall–Kier alpha value is -0.950. The Bertz CT molecular complexity index is 605. The van der Waals surface area contributed by atoms with Crippen LogP contribution in [0.2, 0.25) is 5.02 Å². The van der Waals surface area contributed by atoms with Crippen LogP contribution in [0.1, 0.15) is 29.6 Å². The lowest BCUT2D eigenvalue weighted by atomic mass is 10.1. The van der Waals surface area contributed by atoms with Crippen molar-refractivity contribution in [3.8, 4) is 0 Å². The van der Waals surface area contributed by atoms with Crippen LogP contribution in [0.25, 0.3) is 0 Å². The van der Waals surface area contributed by atoms with Gasteiger partial charge in [0, 0.05) is 42.2 Å². The van der Waals surface area contributed by atoms with E-state index in [1.54, 1.807) is 18.2 Å². The van der Waals surface area contributed by atoms with Gasteiger partial charge in [0.25, 0.3) is 5.91 Å². The molecule has 0 bridgehead atoms. The molecular formula is C16H21Cl2N3O2S. The van der Waals surface area contributed by atoms with E-state index in [-0.39, 0.29) is 36.3 Å². The number of rotatable bonds is 5. The Balaban J connectivity index is 0.00000208. The fourth-order valence-electron chi connectivity index (χ4n) is 2.45. The summed E-state index contributed by atoms with van der Waals surface area (Å²) in [5.74, 6) is 1.80.